The van der Waals surface area contributed by atoms with Crippen molar-refractivity contribution >= 4 is 11.5 Å². The van der Waals surface area contributed by atoms with E-state index >= 15 is 0 Å². The van der Waals surface area contributed by atoms with Crippen LogP contribution in [0.25, 0.3) is 17.3 Å². The monoisotopic (exact) mass is 366 g/mol. The van der Waals surface area contributed by atoms with Crippen LogP contribution in [0.2, 0.25) is 0 Å². The maximum atomic E-state index is 14.2. The molecule has 0 bridgehead atoms. The highest BCUT2D eigenvalue weighted by molar-refractivity contribution is 5.57. The molecule has 7 nitrogen and oxygen atoms in total. The van der Waals surface area contributed by atoms with Crippen LogP contribution in [0.4, 0.5) is 10.2 Å². The molecule has 8 heteroatoms. The number of hydrogen-bond acceptors (Lipinski definition) is 7. The van der Waals surface area contributed by atoms with E-state index in [9.17, 15) is 4.39 Å². The van der Waals surface area contributed by atoms with E-state index in [2.05, 4.69) is 32.1 Å². The van der Waals surface area contributed by atoms with Crippen molar-refractivity contribution in [3.8, 4) is 11.6 Å². The van der Waals surface area contributed by atoms with Gasteiger partial charge in [-0.15, -0.1) is 10.2 Å². The predicted molar refractivity (Wildman–Crippen MR) is 99.0 cm³/mol. The van der Waals surface area contributed by atoms with E-state index in [0.717, 1.165) is 19.3 Å². The summed E-state index contributed by atoms with van der Waals surface area (Å²) in [4.78, 5) is 8.38. The van der Waals surface area contributed by atoms with Gasteiger partial charge in [-0.3, -0.25) is 4.98 Å². The van der Waals surface area contributed by atoms with Crippen LogP contribution >= 0.6 is 0 Å². The van der Waals surface area contributed by atoms with Gasteiger partial charge in [0.05, 0.1) is 17.6 Å². The lowest BCUT2D eigenvalue weighted by Gasteiger charge is -2.41. The fourth-order valence-corrected chi connectivity index (χ4v) is 3.22. The summed E-state index contributed by atoms with van der Waals surface area (Å²) in [5.41, 5.74) is 6.58. The Hall–Kier alpha value is -3.29. The third-order valence-electron chi connectivity index (χ3n) is 4.89. The lowest BCUT2D eigenvalue weighted by Crippen LogP contribution is -2.42. The first kappa shape index (κ1) is 17.1. The quantitative estimate of drug-likeness (QED) is 0.691. The fraction of sp³-hybridized carbons (Fsp3) is 0.263. The van der Waals surface area contributed by atoms with Crippen LogP contribution in [0.15, 0.2) is 47.7 Å². The van der Waals surface area contributed by atoms with Gasteiger partial charge in [-0.25, -0.2) is 9.37 Å². The van der Waals surface area contributed by atoms with E-state index in [4.69, 9.17) is 10.2 Å². The first-order valence-electron chi connectivity index (χ1n) is 8.67. The zero-order valence-electron chi connectivity index (χ0n) is 14.7. The number of rotatable bonds is 6. The largest absolute Gasteiger partial charge is 0.433 e. The van der Waals surface area contributed by atoms with Crippen LogP contribution in [-0.4, -0.2) is 26.7 Å². The number of halogens is 1. The third-order valence-corrected chi connectivity index (χ3v) is 4.89. The topological polar surface area (TPSA) is 103 Å². The van der Waals surface area contributed by atoms with Gasteiger partial charge in [-0.05, 0) is 37.1 Å². The zero-order chi connectivity index (χ0) is 18.9. The second kappa shape index (κ2) is 6.79. The van der Waals surface area contributed by atoms with E-state index in [1.165, 1.54) is 12.3 Å². The van der Waals surface area contributed by atoms with Gasteiger partial charge < -0.3 is 15.5 Å². The van der Waals surface area contributed by atoms with Crippen LogP contribution < -0.4 is 11.1 Å². The van der Waals surface area contributed by atoms with Gasteiger partial charge in [-0.1, -0.05) is 13.0 Å². The van der Waals surface area contributed by atoms with Gasteiger partial charge in [0, 0.05) is 18.2 Å². The fourth-order valence-electron chi connectivity index (χ4n) is 3.22. The molecular weight excluding hydrogens is 347 g/mol. The van der Waals surface area contributed by atoms with Crippen molar-refractivity contribution in [1.82, 2.24) is 20.2 Å². The van der Waals surface area contributed by atoms with Crippen LogP contribution in [0.1, 0.15) is 30.7 Å². The first-order valence-corrected chi connectivity index (χ1v) is 8.67. The highest BCUT2D eigenvalue weighted by atomic mass is 19.1. The lowest BCUT2D eigenvalue weighted by atomic mass is 9.66. The molecule has 0 atom stereocenters. The summed E-state index contributed by atoms with van der Waals surface area (Å²) in [7, 11) is 0. The molecule has 138 valence electrons. The van der Waals surface area contributed by atoms with Crippen molar-refractivity contribution in [2.45, 2.75) is 24.7 Å². The summed E-state index contributed by atoms with van der Waals surface area (Å²) in [5.74, 6) is 1.05. The summed E-state index contributed by atoms with van der Waals surface area (Å²) in [6.07, 6.45) is 5.96. The molecule has 1 saturated carbocycles. The molecule has 1 aliphatic rings. The Bertz CT molecular complexity index is 964. The number of pyridine rings is 1. The Morgan fingerprint density at radius 3 is 2.70 bits per heavy atom. The molecule has 0 radical (unpaired) electrons. The summed E-state index contributed by atoms with van der Waals surface area (Å²) in [5, 5.41) is 11.5. The van der Waals surface area contributed by atoms with Gasteiger partial charge in [0.25, 0.3) is 0 Å². The number of nitrogens with two attached hydrogens (primary N) is 1. The second-order valence-corrected chi connectivity index (χ2v) is 6.68. The van der Waals surface area contributed by atoms with Crippen molar-refractivity contribution in [2.75, 3.05) is 11.9 Å². The molecule has 1 aliphatic carbocycles. The molecule has 0 spiro atoms. The summed E-state index contributed by atoms with van der Waals surface area (Å²) in [6.45, 7) is 4.15. The average molecular weight is 366 g/mol. The maximum absolute atomic E-state index is 14.2. The van der Waals surface area contributed by atoms with Crippen molar-refractivity contribution in [1.29, 1.82) is 0 Å². The number of nitrogens with zero attached hydrogens (tertiary/aromatic N) is 4. The van der Waals surface area contributed by atoms with Gasteiger partial charge in [0.2, 0.25) is 5.89 Å². The van der Waals surface area contributed by atoms with E-state index in [1.807, 2.05) is 0 Å². The summed E-state index contributed by atoms with van der Waals surface area (Å²) in [6, 6.07) is 6.60. The maximum Gasteiger partial charge on any atom is 0.247 e. The third kappa shape index (κ3) is 3.25. The van der Waals surface area contributed by atoms with Crippen LogP contribution in [0, 0.1) is 5.82 Å². The van der Waals surface area contributed by atoms with E-state index < -0.39 is 0 Å². The van der Waals surface area contributed by atoms with E-state index in [1.54, 1.807) is 24.4 Å². The Labute approximate surface area is 155 Å². The highest BCUT2D eigenvalue weighted by Gasteiger charge is 2.41. The molecule has 0 unspecified atom stereocenters. The molecule has 1 fully saturated rings. The van der Waals surface area contributed by atoms with Crippen molar-refractivity contribution in [3.63, 3.8) is 0 Å². The average Bonchev–Trinajstić information content (AvgIpc) is 3.13. The van der Waals surface area contributed by atoms with Gasteiger partial charge >= 0.3 is 0 Å². The molecular formula is C19H19FN6O. The number of aromatic nitrogens is 4. The number of oxazole rings is 1. The molecule has 0 aliphatic heterocycles. The highest BCUT2D eigenvalue weighted by Crippen LogP contribution is 2.43. The van der Waals surface area contributed by atoms with Crippen molar-refractivity contribution < 1.29 is 8.81 Å². The molecule has 3 heterocycles. The number of anilines is 1. The standard InChI is InChI=1S/C19H19FN6O/c1-12(21)15-10-23-18(27-15)14-5-6-16(26-25-14)24-11-19(7-3-8-19)17-13(20)4-2-9-22-17/h2,4-6,9-10H,1,3,7-8,11,21H2,(H,24,26). The van der Waals surface area contributed by atoms with Crippen LogP contribution in [0.5, 0.6) is 0 Å². The Balaban J connectivity index is 1.47. The Morgan fingerprint density at radius 1 is 1.26 bits per heavy atom. The molecule has 3 aromatic rings. The minimum absolute atomic E-state index is 0.262. The Kier molecular flexibility index (Phi) is 4.31. The molecule has 3 aromatic heterocycles. The first-order chi connectivity index (χ1) is 13.1. The van der Waals surface area contributed by atoms with Gasteiger partial charge in [0.15, 0.2) is 5.76 Å². The smallest absolute Gasteiger partial charge is 0.247 e. The van der Waals surface area contributed by atoms with Gasteiger partial charge in [-0.2, -0.15) is 0 Å². The van der Waals surface area contributed by atoms with Gasteiger partial charge in [0.1, 0.15) is 17.3 Å². The summed E-state index contributed by atoms with van der Waals surface area (Å²) < 4.78 is 19.7. The molecule has 4 rings (SSSR count). The molecule has 3 N–H and O–H groups in total. The normalized spacial score (nSPS) is 15.1. The summed E-state index contributed by atoms with van der Waals surface area (Å²) >= 11 is 0. The molecule has 27 heavy (non-hydrogen) atoms. The Morgan fingerprint density at radius 2 is 2.11 bits per heavy atom. The SMILES string of the molecule is C=C(N)c1cnc(-c2ccc(NCC3(c4ncccc4F)CCC3)nn2)o1. The van der Waals surface area contributed by atoms with E-state index in [-0.39, 0.29) is 11.2 Å². The molecule has 0 saturated heterocycles. The van der Waals surface area contributed by atoms with E-state index in [0.29, 0.717) is 41.1 Å². The second-order valence-electron chi connectivity index (χ2n) is 6.68. The van der Waals surface area contributed by atoms with Crippen LogP contribution in [0.3, 0.4) is 0 Å². The number of nitrogens with one attached hydrogen (secondary N) is 1. The van der Waals surface area contributed by atoms with Crippen molar-refractivity contribution in [3.05, 3.63) is 60.5 Å². The minimum atomic E-state index is -0.301. The van der Waals surface area contributed by atoms with Crippen molar-refractivity contribution in [2.24, 2.45) is 5.73 Å². The minimum Gasteiger partial charge on any atom is -0.433 e. The number of hydrogen-bond donors (Lipinski definition) is 2. The lowest BCUT2D eigenvalue weighted by molar-refractivity contribution is 0.243. The zero-order valence-corrected chi connectivity index (χ0v) is 14.7. The predicted octanol–water partition coefficient (Wildman–Crippen LogP) is 3.13. The van der Waals surface area contributed by atoms with Crippen LogP contribution in [-0.2, 0) is 5.41 Å². The molecule has 0 amide bonds. The molecule has 0 aromatic carbocycles.